The highest BCUT2D eigenvalue weighted by Gasteiger charge is 2.27. The molecule has 0 saturated heterocycles. The highest BCUT2D eigenvalue weighted by Crippen LogP contribution is 2.35. The molecule has 23 heavy (non-hydrogen) atoms. The Morgan fingerprint density at radius 3 is 2.57 bits per heavy atom. The number of hydrogen-bond acceptors (Lipinski definition) is 5. The molecule has 5 nitrogen and oxygen atoms in total. The molecule has 0 amide bonds. The standard InChI is InChI=1S/C17H21N5S/c1-17(2,3)16(14-10-7-11-23-14)18-12-15-19-20-21-22(15)13-8-5-4-6-9-13/h4-11,16,18H,12H2,1-3H3/t16-/m0/s1. The van der Waals surface area contributed by atoms with Gasteiger partial charge < -0.3 is 5.32 Å². The number of benzene rings is 1. The minimum absolute atomic E-state index is 0.107. The Kier molecular flexibility index (Phi) is 4.54. The number of nitrogens with one attached hydrogen (secondary N) is 1. The van der Waals surface area contributed by atoms with Crippen molar-refractivity contribution < 1.29 is 0 Å². The predicted octanol–water partition coefficient (Wildman–Crippen LogP) is 3.60. The monoisotopic (exact) mass is 327 g/mol. The van der Waals surface area contributed by atoms with Gasteiger partial charge in [-0.1, -0.05) is 45.0 Å². The minimum Gasteiger partial charge on any atom is -0.302 e. The van der Waals surface area contributed by atoms with Crippen LogP contribution in [-0.2, 0) is 6.54 Å². The van der Waals surface area contributed by atoms with Gasteiger partial charge in [-0.25, -0.2) is 0 Å². The van der Waals surface area contributed by atoms with Gasteiger partial charge in [0.05, 0.1) is 12.2 Å². The first-order chi connectivity index (χ1) is 11.1. The summed E-state index contributed by atoms with van der Waals surface area (Å²) >= 11 is 1.77. The van der Waals surface area contributed by atoms with E-state index in [1.807, 2.05) is 30.3 Å². The van der Waals surface area contributed by atoms with Crippen LogP contribution in [0.4, 0.5) is 0 Å². The van der Waals surface area contributed by atoms with Gasteiger partial charge in [-0.2, -0.15) is 4.68 Å². The lowest BCUT2D eigenvalue weighted by atomic mass is 9.86. The van der Waals surface area contributed by atoms with Gasteiger partial charge in [0, 0.05) is 10.9 Å². The third kappa shape index (κ3) is 3.65. The molecule has 0 saturated carbocycles. The van der Waals surface area contributed by atoms with E-state index < -0.39 is 0 Å². The van der Waals surface area contributed by atoms with Crippen molar-refractivity contribution in [1.29, 1.82) is 0 Å². The topological polar surface area (TPSA) is 55.6 Å². The second-order valence-electron chi connectivity index (χ2n) is 6.54. The van der Waals surface area contributed by atoms with Crippen molar-refractivity contribution in [3.8, 4) is 5.69 Å². The first-order valence-corrected chi connectivity index (χ1v) is 8.53. The number of para-hydroxylation sites is 1. The summed E-state index contributed by atoms with van der Waals surface area (Å²) in [5, 5.41) is 17.8. The van der Waals surface area contributed by atoms with Crippen LogP contribution in [0.5, 0.6) is 0 Å². The lowest BCUT2D eigenvalue weighted by Crippen LogP contribution is -2.32. The van der Waals surface area contributed by atoms with Gasteiger partial charge in [-0.3, -0.25) is 0 Å². The molecular formula is C17H21N5S. The number of nitrogens with zero attached hydrogens (tertiary/aromatic N) is 4. The third-order valence-corrected chi connectivity index (χ3v) is 4.63. The van der Waals surface area contributed by atoms with Gasteiger partial charge in [-0.05, 0) is 39.4 Å². The quantitative estimate of drug-likeness (QED) is 0.778. The van der Waals surface area contributed by atoms with Gasteiger partial charge in [0.25, 0.3) is 0 Å². The lowest BCUT2D eigenvalue weighted by molar-refractivity contribution is 0.272. The fourth-order valence-corrected chi connectivity index (χ4v) is 3.61. The van der Waals surface area contributed by atoms with E-state index in [4.69, 9.17) is 0 Å². The van der Waals surface area contributed by atoms with E-state index in [-0.39, 0.29) is 11.5 Å². The maximum Gasteiger partial charge on any atom is 0.170 e. The second kappa shape index (κ2) is 6.60. The van der Waals surface area contributed by atoms with E-state index in [0.29, 0.717) is 6.54 Å². The summed E-state index contributed by atoms with van der Waals surface area (Å²) in [7, 11) is 0. The van der Waals surface area contributed by atoms with Gasteiger partial charge in [-0.15, -0.1) is 16.4 Å². The summed E-state index contributed by atoms with van der Waals surface area (Å²) < 4.78 is 1.78. The molecule has 0 aliphatic carbocycles. The Balaban J connectivity index is 1.79. The van der Waals surface area contributed by atoms with Crippen LogP contribution in [0.25, 0.3) is 5.69 Å². The van der Waals surface area contributed by atoms with Crippen LogP contribution in [-0.4, -0.2) is 20.2 Å². The number of hydrogen-bond donors (Lipinski definition) is 1. The molecule has 120 valence electrons. The van der Waals surface area contributed by atoms with Crippen molar-refractivity contribution in [2.24, 2.45) is 5.41 Å². The molecule has 0 aliphatic rings. The first-order valence-electron chi connectivity index (χ1n) is 7.65. The molecular weight excluding hydrogens is 306 g/mol. The van der Waals surface area contributed by atoms with Crippen molar-refractivity contribution in [2.45, 2.75) is 33.4 Å². The van der Waals surface area contributed by atoms with E-state index in [9.17, 15) is 0 Å². The normalized spacial score (nSPS) is 13.2. The van der Waals surface area contributed by atoms with Gasteiger partial charge >= 0.3 is 0 Å². The number of rotatable bonds is 5. The summed E-state index contributed by atoms with van der Waals surface area (Å²) in [6, 6.07) is 14.5. The van der Waals surface area contributed by atoms with E-state index in [0.717, 1.165) is 11.5 Å². The van der Waals surface area contributed by atoms with Crippen LogP contribution in [0.3, 0.4) is 0 Å². The molecule has 1 aromatic carbocycles. The average Bonchev–Trinajstić information content (AvgIpc) is 3.18. The molecule has 1 atom stereocenters. The molecule has 0 radical (unpaired) electrons. The number of thiophene rings is 1. The Morgan fingerprint density at radius 2 is 1.91 bits per heavy atom. The summed E-state index contributed by atoms with van der Waals surface area (Å²) in [6.07, 6.45) is 0. The molecule has 0 bridgehead atoms. The van der Waals surface area contributed by atoms with Gasteiger partial charge in [0.2, 0.25) is 0 Å². The fraction of sp³-hybridized carbons (Fsp3) is 0.353. The summed E-state index contributed by atoms with van der Waals surface area (Å²) in [6.45, 7) is 7.33. The number of aromatic nitrogens is 4. The predicted molar refractivity (Wildman–Crippen MR) is 92.5 cm³/mol. The SMILES string of the molecule is CC(C)(C)[C@@H](NCc1nnnn1-c1ccccc1)c1cccs1. The van der Waals surface area contributed by atoms with Crippen molar-refractivity contribution in [3.05, 3.63) is 58.5 Å². The maximum absolute atomic E-state index is 4.17. The average molecular weight is 327 g/mol. The molecule has 3 rings (SSSR count). The largest absolute Gasteiger partial charge is 0.302 e. The molecule has 0 aliphatic heterocycles. The fourth-order valence-electron chi connectivity index (χ4n) is 2.57. The molecule has 1 N–H and O–H groups in total. The molecule has 6 heteroatoms. The Morgan fingerprint density at radius 1 is 1.13 bits per heavy atom. The van der Waals surface area contributed by atoms with E-state index in [1.165, 1.54) is 4.88 Å². The van der Waals surface area contributed by atoms with Crippen LogP contribution in [0.2, 0.25) is 0 Å². The molecule has 0 unspecified atom stereocenters. The van der Waals surface area contributed by atoms with Crippen molar-refractivity contribution >= 4 is 11.3 Å². The van der Waals surface area contributed by atoms with Crippen LogP contribution in [0, 0.1) is 5.41 Å². The molecule has 3 aromatic rings. The Hall–Kier alpha value is -2.05. The first kappa shape index (κ1) is 15.8. The van der Waals surface area contributed by atoms with Crippen LogP contribution >= 0.6 is 11.3 Å². The zero-order valence-corrected chi connectivity index (χ0v) is 14.4. The van der Waals surface area contributed by atoms with Crippen LogP contribution in [0.1, 0.15) is 37.5 Å². The van der Waals surface area contributed by atoms with Crippen molar-refractivity contribution in [3.63, 3.8) is 0 Å². The van der Waals surface area contributed by atoms with E-state index in [2.05, 4.69) is 59.1 Å². The molecule has 2 aromatic heterocycles. The highest BCUT2D eigenvalue weighted by atomic mass is 32.1. The lowest BCUT2D eigenvalue weighted by Gasteiger charge is -2.30. The minimum atomic E-state index is 0.107. The van der Waals surface area contributed by atoms with Gasteiger partial charge in [0.1, 0.15) is 0 Å². The van der Waals surface area contributed by atoms with E-state index >= 15 is 0 Å². The second-order valence-corrected chi connectivity index (χ2v) is 7.52. The summed E-state index contributed by atoms with van der Waals surface area (Å²) in [5.41, 5.74) is 1.08. The van der Waals surface area contributed by atoms with Crippen molar-refractivity contribution in [1.82, 2.24) is 25.5 Å². The van der Waals surface area contributed by atoms with Crippen molar-refractivity contribution in [2.75, 3.05) is 0 Å². The molecule has 0 fully saturated rings. The molecule has 0 spiro atoms. The van der Waals surface area contributed by atoms with Crippen LogP contribution in [0.15, 0.2) is 47.8 Å². The van der Waals surface area contributed by atoms with Crippen LogP contribution < -0.4 is 5.32 Å². The summed E-state index contributed by atoms with van der Waals surface area (Å²) in [4.78, 5) is 1.33. The Bertz CT molecular complexity index is 728. The Labute approximate surface area is 140 Å². The number of tetrazole rings is 1. The molecule has 2 heterocycles. The zero-order chi connectivity index (χ0) is 16.3. The zero-order valence-electron chi connectivity index (χ0n) is 13.6. The smallest absolute Gasteiger partial charge is 0.170 e. The summed E-state index contributed by atoms with van der Waals surface area (Å²) in [5.74, 6) is 0.807. The van der Waals surface area contributed by atoms with Gasteiger partial charge in [0.15, 0.2) is 5.82 Å². The maximum atomic E-state index is 4.17. The highest BCUT2D eigenvalue weighted by molar-refractivity contribution is 7.10. The third-order valence-electron chi connectivity index (χ3n) is 3.69. The van der Waals surface area contributed by atoms with E-state index in [1.54, 1.807) is 16.0 Å².